The largest absolute Gasteiger partial charge is 0.352 e. The Labute approximate surface area is 184 Å². The normalized spacial score (nSPS) is 12.5. The van der Waals surface area contributed by atoms with Crippen molar-refractivity contribution in [1.82, 2.24) is 14.9 Å². The highest BCUT2D eigenvalue weighted by molar-refractivity contribution is 6.14. The lowest BCUT2D eigenvalue weighted by Gasteiger charge is -2.30. The molecule has 2 rings (SSSR count). The topological polar surface area (TPSA) is 97.6 Å². The molecular weight excluding hydrogens is 423 g/mol. The molecule has 8 nitrogen and oxygen atoms in total. The van der Waals surface area contributed by atoms with Gasteiger partial charge in [-0.1, -0.05) is 6.07 Å². The molecule has 1 atom stereocenters. The lowest BCUT2D eigenvalue weighted by molar-refractivity contribution is 0.0167. The molecule has 0 aliphatic carbocycles. The smallest absolute Gasteiger partial charge is 0.273 e. The number of hydrogen-bond acceptors (Lipinski definition) is 7. The molecule has 1 unspecified atom stereocenters. The second kappa shape index (κ2) is 10.7. The van der Waals surface area contributed by atoms with Crippen molar-refractivity contribution >= 4 is 30.0 Å². The number of aromatic nitrogens is 2. The quantitative estimate of drug-likeness (QED) is 0.425. The SMILES string of the molecule is CCN(C(=O)c1cccc(F)c1N(C)/N=C\C=N)C(C)CNc1ncc(C(C)(F)F)cn1. The zero-order valence-electron chi connectivity index (χ0n) is 18.3. The summed E-state index contributed by atoms with van der Waals surface area (Å²) in [5.41, 5.74) is -0.183. The van der Waals surface area contributed by atoms with Crippen molar-refractivity contribution in [2.75, 3.05) is 30.5 Å². The van der Waals surface area contributed by atoms with Crippen LogP contribution in [0.3, 0.4) is 0 Å². The van der Waals surface area contributed by atoms with Gasteiger partial charge in [-0.3, -0.25) is 9.80 Å². The lowest BCUT2D eigenvalue weighted by Crippen LogP contribution is -2.42. The summed E-state index contributed by atoms with van der Waals surface area (Å²) >= 11 is 0. The number of halogens is 3. The molecule has 11 heteroatoms. The van der Waals surface area contributed by atoms with Gasteiger partial charge in [-0.2, -0.15) is 5.10 Å². The van der Waals surface area contributed by atoms with E-state index in [1.807, 2.05) is 0 Å². The Morgan fingerprint density at radius 2 is 2.00 bits per heavy atom. The van der Waals surface area contributed by atoms with Crippen LogP contribution >= 0.6 is 0 Å². The van der Waals surface area contributed by atoms with Gasteiger partial charge in [0.1, 0.15) is 11.5 Å². The van der Waals surface area contributed by atoms with Crippen molar-refractivity contribution in [3.05, 3.63) is 47.5 Å². The summed E-state index contributed by atoms with van der Waals surface area (Å²) in [6, 6.07) is 3.82. The van der Waals surface area contributed by atoms with E-state index in [0.717, 1.165) is 25.5 Å². The second-order valence-corrected chi connectivity index (χ2v) is 7.10. The third-order valence-electron chi connectivity index (χ3n) is 4.70. The molecule has 1 aromatic carbocycles. The Morgan fingerprint density at radius 3 is 2.56 bits per heavy atom. The maximum atomic E-state index is 14.5. The predicted molar refractivity (Wildman–Crippen MR) is 118 cm³/mol. The molecule has 1 aromatic heterocycles. The van der Waals surface area contributed by atoms with Gasteiger partial charge in [-0.25, -0.2) is 23.1 Å². The lowest BCUT2D eigenvalue weighted by atomic mass is 10.1. The van der Waals surface area contributed by atoms with Crippen LogP contribution in [0.2, 0.25) is 0 Å². The van der Waals surface area contributed by atoms with E-state index in [2.05, 4.69) is 20.4 Å². The number of hydrazone groups is 1. The highest BCUT2D eigenvalue weighted by Crippen LogP contribution is 2.27. The first-order valence-electron chi connectivity index (χ1n) is 9.90. The van der Waals surface area contributed by atoms with Gasteiger partial charge < -0.3 is 15.6 Å². The van der Waals surface area contributed by atoms with Crippen LogP contribution < -0.4 is 10.3 Å². The van der Waals surface area contributed by atoms with Crippen LogP contribution in [0.4, 0.5) is 24.8 Å². The monoisotopic (exact) mass is 449 g/mol. The molecule has 2 N–H and O–H groups in total. The third kappa shape index (κ3) is 6.02. The van der Waals surface area contributed by atoms with E-state index in [1.165, 1.54) is 41.4 Å². The van der Waals surface area contributed by atoms with Gasteiger partial charge in [-0.15, -0.1) is 0 Å². The van der Waals surface area contributed by atoms with Gasteiger partial charge in [0.15, 0.2) is 0 Å². The van der Waals surface area contributed by atoms with Crippen LogP contribution in [-0.4, -0.2) is 59.4 Å². The Balaban J connectivity index is 2.18. The van der Waals surface area contributed by atoms with Gasteiger partial charge in [-0.05, 0) is 26.0 Å². The number of amides is 1. The summed E-state index contributed by atoms with van der Waals surface area (Å²) in [6.45, 7) is 4.93. The first-order valence-corrected chi connectivity index (χ1v) is 9.90. The fourth-order valence-electron chi connectivity index (χ4n) is 3.01. The van der Waals surface area contributed by atoms with Crippen molar-refractivity contribution < 1.29 is 18.0 Å². The molecule has 0 radical (unpaired) electrons. The van der Waals surface area contributed by atoms with Crippen LogP contribution in [0.5, 0.6) is 0 Å². The number of likely N-dealkylation sites (N-methyl/N-ethyl adjacent to an activating group) is 1. The van der Waals surface area contributed by atoms with Gasteiger partial charge in [0.25, 0.3) is 11.8 Å². The molecule has 0 fully saturated rings. The number of nitrogens with zero attached hydrogens (tertiary/aromatic N) is 5. The number of alkyl halides is 2. The number of carbonyl (C=O) groups is 1. The summed E-state index contributed by atoms with van der Waals surface area (Å²) < 4.78 is 41.1. The molecular formula is C21H26F3N7O. The number of benzene rings is 1. The van der Waals surface area contributed by atoms with Crippen LogP contribution in [-0.2, 0) is 5.92 Å². The van der Waals surface area contributed by atoms with Crippen molar-refractivity contribution in [3.63, 3.8) is 0 Å². The molecule has 32 heavy (non-hydrogen) atoms. The summed E-state index contributed by atoms with van der Waals surface area (Å²) in [4.78, 5) is 22.5. The van der Waals surface area contributed by atoms with Gasteiger partial charge in [0.05, 0.1) is 17.3 Å². The van der Waals surface area contributed by atoms with Crippen molar-refractivity contribution in [3.8, 4) is 0 Å². The van der Waals surface area contributed by atoms with Crippen molar-refractivity contribution in [1.29, 1.82) is 5.41 Å². The standard InChI is InChI=1S/C21H26F3N7O/c1-5-31(14(2)11-26-20-27-12-15(13-28-20)21(3,23)24)19(32)16-7-6-8-17(22)18(16)30(4)29-10-9-25/h6-10,12-14,25H,5,11H2,1-4H3,(H,26,27,28)/b25-9?,29-10-. The van der Waals surface area contributed by atoms with E-state index in [4.69, 9.17) is 5.41 Å². The Morgan fingerprint density at radius 1 is 1.34 bits per heavy atom. The summed E-state index contributed by atoms with van der Waals surface area (Å²) in [7, 11) is 1.48. The number of nitrogens with one attached hydrogen (secondary N) is 2. The minimum atomic E-state index is -3.03. The van der Waals surface area contributed by atoms with Crippen LogP contribution in [0.25, 0.3) is 0 Å². The predicted octanol–water partition coefficient (Wildman–Crippen LogP) is 3.76. The fourth-order valence-corrected chi connectivity index (χ4v) is 3.01. The number of carbonyl (C=O) groups excluding carboxylic acids is 1. The molecule has 1 heterocycles. The number of hydrogen-bond donors (Lipinski definition) is 2. The molecule has 0 aliphatic heterocycles. The molecule has 0 saturated heterocycles. The molecule has 0 bridgehead atoms. The first kappa shape index (κ1) is 24.8. The summed E-state index contributed by atoms with van der Waals surface area (Å²) in [6.07, 6.45) is 4.21. The van der Waals surface area contributed by atoms with Gasteiger partial charge >= 0.3 is 0 Å². The van der Waals surface area contributed by atoms with Crippen molar-refractivity contribution in [2.45, 2.75) is 32.7 Å². The summed E-state index contributed by atoms with van der Waals surface area (Å²) in [5, 5.41) is 15.1. The molecule has 0 spiro atoms. The van der Waals surface area contributed by atoms with E-state index in [1.54, 1.807) is 13.8 Å². The zero-order valence-corrected chi connectivity index (χ0v) is 18.3. The number of anilines is 2. The maximum Gasteiger partial charge on any atom is 0.273 e. The second-order valence-electron chi connectivity index (χ2n) is 7.10. The van der Waals surface area contributed by atoms with Crippen LogP contribution in [0.1, 0.15) is 36.7 Å². The Bertz CT molecular complexity index is 961. The Kier molecular flexibility index (Phi) is 8.27. The average molecular weight is 449 g/mol. The Hall–Kier alpha value is -3.50. The molecule has 0 aliphatic rings. The first-order chi connectivity index (χ1) is 15.1. The average Bonchev–Trinajstić information content (AvgIpc) is 2.75. The van der Waals surface area contributed by atoms with E-state index in [9.17, 15) is 18.0 Å². The maximum absolute atomic E-state index is 14.5. The van der Waals surface area contributed by atoms with E-state index >= 15 is 0 Å². The highest BCUT2D eigenvalue weighted by atomic mass is 19.3. The van der Waals surface area contributed by atoms with E-state index in [-0.39, 0.29) is 35.3 Å². The molecule has 172 valence electrons. The van der Waals surface area contributed by atoms with Crippen molar-refractivity contribution in [2.24, 2.45) is 5.10 Å². The van der Waals surface area contributed by atoms with Gasteiger partial charge in [0, 0.05) is 51.7 Å². The third-order valence-corrected chi connectivity index (χ3v) is 4.70. The minimum absolute atomic E-state index is 0.00590. The highest BCUT2D eigenvalue weighted by Gasteiger charge is 2.27. The number of rotatable bonds is 10. The van der Waals surface area contributed by atoms with E-state index in [0.29, 0.717) is 6.54 Å². The van der Waals surface area contributed by atoms with Crippen LogP contribution in [0, 0.1) is 11.2 Å². The minimum Gasteiger partial charge on any atom is -0.352 e. The molecule has 2 aromatic rings. The van der Waals surface area contributed by atoms with E-state index < -0.39 is 17.6 Å². The summed E-state index contributed by atoms with van der Waals surface area (Å²) in [5.74, 6) is -3.91. The zero-order chi connectivity index (χ0) is 23.9. The molecule has 0 saturated carbocycles. The van der Waals surface area contributed by atoms with Gasteiger partial charge in [0.2, 0.25) is 5.95 Å². The number of para-hydroxylation sites is 1. The van der Waals surface area contributed by atoms with Crippen LogP contribution in [0.15, 0.2) is 35.7 Å². The molecule has 1 amide bonds. The fraction of sp³-hybridized carbons (Fsp3) is 0.381.